The minimum absolute atomic E-state index is 0. The van der Waals surface area contributed by atoms with Crippen LogP contribution < -0.4 is 10.6 Å². The molecule has 2 aliphatic rings. The Morgan fingerprint density at radius 1 is 1.39 bits per heavy atom. The summed E-state index contributed by atoms with van der Waals surface area (Å²) in [6, 6.07) is 5.81. The fraction of sp³-hybridized carbons (Fsp3) is 0.462. The van der Waals surface area contributed by atoms with Crippen LogP contribution >= 0.6 is 24.0 Å². The van der Waals surface area contributed by atoms with E-state index in [2.05, 4.69) is 10.6 Å². The van der Waals surface area contributed by atoms with Crippen LogP contribution in [0.2, 0.25) is 5.02 Å². The molecule has 5 heteroatoms. The second-order valence-corrected chi connectivity index (χ2v) is 5.36. The van der Waals surface area contributed by atoms with Crippen LogP contribution in [0.1, 0.15) is 15.9 Å². The minimum atomic E-state index is -0.00806. The van der Waals surface area contributed by atoms with Crippen molar-refractivity contribution >= 4 is 29.9 Å². The third-order valence-electron chi connectivity index (χ3n) is 3.82. The van der Waals surface area contributed by atoms with Crippen molar-refractivity contribution < 1.29 is 4.79 Å². The maximum Gasteiger partial charge on any atom is 0.251 e. The highest BCUT2D eigenvalue weighted by Gasteiger charge is 2.53. The number of hydrogen-bond acceptors (Lipinski definition) is 2. The normalized spacial score (nSPS) is 28.2. The zero-order valence-electron chi connectivity index (χ0n) is 10.1. The first-order valence-electron chi connectivity index (χ1n) is 5.94. The van der Waals surface area contributed by atoms with Gasteiger partial charge in [-0.2, -0.15) is 0 Å². The number of nitrogens with one attached hydrogen (secondary N) is 2. The molecule has 0 spiro atoms. The zero-order chi connectivity index (χ0) is 12.0. The van der Waals surface area contributed by atoms with E-state index >= 15 is 0 Å². The van der Waals surface area contributed by atoms with Gasteiger partial charge >= 0.3 is 0 Å². The van der Waals surface area contributed by atoms with E-state index in [-0.39, 0.29) is 18.3 Å². The van der Waals surface area contributed by atoms with Crippen molar-refractivity contribution in [3.63, 3.8) is 0 Å². The van der Waals surface area contributed by atoms with E-state index in [1.165, 1.54) is 0 Å². The summed E-state index contributed by atoms with van der Waals surface area (Å²) in [5.74, 6) is 1.27. The first-order valence-corrected chi connectivity index (χ1v) is 6.32. The van der Waals surface area contributed by atoms with Crippen molar-refractivity contribution in [1.29, 1.82) is 0 Å². The van der Waals surface area contributed by atoms with E-state index in [0.717, 1.165) is 18.7 Å². The highest BCUT2D eigenvalue weighted by atomic mass is 35.5. The molecule has 3 rings (SSSR count). The van der Waals surface area contributed by atoms with Crippen LogP contribution in [-0.4, -0.2) is 25.0 Å². The van der Waals surface area contributed by atoms with E-state index < -0.39 is 0 Å². The number of halogens is 2. The second-order valence-electron chi connectivity index (χ2n) is 4.95. The molecule has 1 aliphatic carbocycles. The summed E-state index contributed by atoms with van der Waals surface area (Å²) in [4.78, 5) is 12.0. The van der Waals surface area contributed by atoms with Gasteiger partial charge in [-0.15, -0.1) is 12.4 Å². The fourth-order valence-electron chi connectivity index (χ4n) is 2.60. The Hall–Kier alpha value is -0.770. The predicted molar refractivity (Wildman–Crippen MR) is 74.5 cm³/mol. The van der Waals surface area contributed by atoms with Crippen LogP contribution in [0.15, 0.2) is 18.2 Å². The highest BCUT2D eigenvalue weighted by molar-refractivity contribution is 6.31. The number of piperidine rings is 1. The number of amides is 1. The maximum absolute atomic E-state index is 12.0. The maximum atomic E-state index is 12.0. The molecule has 1 saturated carbocycles. The summed E-state index contributed by atoms with van der Waals surface area (Å²) in [6.07, 6.45) is 0. The summed E-state index contributed by atoms with van der Waals surface area (Å²) >= 11 is 6.02. The molecule has 1 aromatic carbocycles. The van der Waals surface area contributed by atoms with Gasteiger partial charge in [0.05, 0.1) is 0 Å². The second kappa shape index (κ2) is 5.08. The van der Waals surface area contributed by atoms with Crippen LogP contribution in [0.5, 0.6) is 0 Å². The monoisotopic (exact) mass is 286 g/mol. The van der Waals surface area contributed by atoms with Gasteiger partial charge in [0.25, 0.3) is 5.91 Å². The fourth-order valence-corrected chi connectivity index (χ4v) is 2.78. The Morgan fingerprint density at radius 2 is 2.06 bits per heavy atom. The highest BCUT2D eigenvalue weighted by Crippen LogP contribution is 2.41. The number of carbonyl (C=O) groups excluding carboxylic acids is 1. The Kier molecular flexibility index (Phi) is 3.85. The summed E-state index contributed by atoms with van der Waals surface area (Å²) in [5, 5.41) is 7.04. The van der Waals surface area contributed by atoms with Gasteiger partial charge < -0.3 is 10.6 Å². The number of fused-ring (bicyclic) bond motifs is 1. The largest absolute Gasteiger partial charge is 0.349 e. The lowest BCUT2D eigenvalue weighted by Gasteiger charge is -2.08. The van der Waals surface area contributed by atoms with Crippen molar-refractivity contribution in [2.45, 2.75) is 13.0 Å². The van der Waals surface area contributed by atoms with Crippen molar-refractivity contribution in [2.24, 2.45) is 11.8 Å². The molecule has 18 heavy (non-hydrogen) atoms. The molecule has 98 valence electrons. The van der Waals surface area contributed by atoms with Crippen molar-refractivity contribution in [2.75, 3.05) is 13.1 Å². The van der Waals surface area contributed by atoms with Gasteiger partial charge in [0.15, 0.2) is 0 Å². The van der Waals surface area contributed by atoms with Gasteiger partial charge in [-0.3, -0.25) is 4.79 Å². The van der Waals surface area contributed by atoms with E-state index in [4.69, 9.17) is 11.6 Å². The SMILES string of the molecule is Cc1ccc(C(=O)NC2C3CNCC32)cc1Cl.Cl. The molecule has 0 aromatic heterocycles. The Labute approximate surface area is 118 Å². The lowest BCUT2D eigenvalue weighted by atomic mass is 10.1. The molecule has 3 nitrogen and oxygen atoms in total. The molecule has 2 atom stereocenters. The standard InChI is InChI=1S/C13H15ClN2O.ClH/c1-7-2-3-8(4-11(7)14)13(17)16-12-9-5-15-6-10(9)12;/h2-4,9-10,12,15H,5-6H2,1H3,(H,16,17);1H. The van der Waals surface area contributed by atoms with Crippen LogP contribution in [0.25, 0.3) is 0 Å². The summed E-state index contributed by atoms with van der Waals surface area (Å²) in [6.45, 7) is 4.00. The molecule has 2 unspecified atom stereocenters. The number of carbonyl (C=O) groups is 1. The molecule has 1 saturated heterocycles. The van der Waals surface area contributed by atoms with Crippen LogP contribution in [0.4, 0.5) is 0 Å². The summed E-state index contributed by atoms with van der Waals surface area (Å²) in [7, 11) is 0. The Balaban J connectivity index is 0.00000120. The Bertz CT molecular complexity index is 468. The topological polar surface area (TPSA) is 41.1 Å². The molecule has 2 fully saturated rings. The Morgan fingerprint density at radius 3 is 2.67 bits per heavy atom. The van der Waals surface area contributed by atoms with Crippen LogP contribution in [0.3, 0.4) is 0 Å². The molecule has 0 bridgehead atoms. The van der Waals surface area contributed by atoms with Gasteiger partial charge in [0.2, 0.25) is 0 Å². The lowest BCUT2D eigenvalue weighted by molar-refractivity contribution is 0.0946. The number of benzene rings is 1. The molecular weight excluding hydrogens is 271 g/mol. The quantitative estimate of drug-likeness (QED) is 0.873. The molecule has 1 aliphatic heterocycles. The first-order chi connectivity index (χ1) is 8.16. The molecule has 1 aromatic rings. The number of aryl methyl sites for hydroxylation is 1. The van der Waals surface area contributed by atoms with Crippen molar-refractivity contribution in [3.8, 4) is 0 Å². The predicted octanol–water partition coefficient (Wildman–Crippen LogP) is 2.02. The summed E-state index contributed by atoms with van der Waals surface area (Å²) < 4.78 is 0. The average molecular weight is 287 g/mol. The lowest BCUT2D eigenvalue weighted by Crippen LogP contribution is -2.32. The van der Waals surface area contributed by atoms with Gasteiger partial charge in [0, 0.05) is 29.7 Å². The van der Waals surface area contributed by atoms with E-state index in [9.17, 15) is 4.79 Å². The zero-order valence-corrected chi connectivity index (χ0v) is 11.6. The van der Waals surface area contributed by atoms with Crippen LogP contribution in [-0.2, 0) is 0 Å². The molecule has 1 heterocycles. The first kappa shape index (κ1) is 13.7. The van der Waals surface area contributed by atoms with E-state index in [1.807, 2.05) is 19.1 Å². The molecule has 0 radical (unpaired) electrons. The minimum Gasteiger partial charge on any atom is -0.349 e. The van der Waals surface area contributed by atoms with Gasteiger partial charge in [-0.05, 0) is 36.5 Å². The molecular formula is C13H16Cl2N2O. The van der Waals surface area contributed by atoms with E-state index in [1.54, 1.807) is 6.07 Å². The van der Waals surface area contributed by atoms with Gasteiger partial charge in [0.1, 0.15) is 0 Å². The van der Waals surface area contributed by atoms with Crippen molar-refractivity contribution in [1.82, 2.24) is 10.6 Å². The van der Waals surface area contributed by atoms with Gasteiger partial charge in [-0.25, -0.2) is 0 Å². The van der Waals surface area contributed by atoms with Crippen LogP contribution in [0, 0.1) is 18.8 Å². The molecule has 1 amide bonds. The smallest absolute Gasteiger partial charge is 0.251 e. The number of hydrogen-bond donors (Lipinski definition) is 2. The summed E-state index contributed by atoms with van der Waals surface area (Å²) in [5.41, 5.74) is 1.65. The number of rotatable bonds is 2. The van der Waals surface area contributed by atoms with E-state index in [0.29, 0.717) is 28.5 Å². The molecule has 2 N–H and O–H groups in total. The van der Waals surface area contributed by atoms with Crippen molar-refractivity contribution in [3.05, 3.63) is 34.3 Å². The third-order valence-corrected chi connectivity index (χ3v) is 4.23. The average Bonchev–Trinajstić information content (AvgIpc) is 2.76. The van der Waals surface area contributed by atoms with Gasteiger partial charge in [-0.1, -0.05) is 17.7 Å². The third kappa shape index (κ3) is 2.35.